The summed E-state index contributed by atoms with van der Waals surface area (Å²) in [4.78, 5) is 12.2. The molecule has 0 aromatic heterocycles. The normalized spacial score (nSPS) is 23.1. The second kappa shape index (κ2) is 6.15. The molecular formula is C15H21FN2O. The number of halogens is 1. The van der Waals surface area contributed by atoms with Crippen LogP contribution >= 0.6 is 0 Å². The first kappa shape index (κ1) is 14.0. The average Bonchev–Trinajstić information content (AvgIpc) is 2.37. The number of nitrogens with one attached hydrogen (secondary N) is 2. The molecule has 1 fully saturated rings. The molecule has 3 nitrogen and oxygen atoms in total. The smallest absolute Gasteiger partial charge is 0.241 e. The Morgan fingerprint density at radius 2 is 2.26 bits per heavy atom. The number of amides is 1. The molecule has 0 radical (unpaired) electrons. The van der Waals surface area contributed by atoms with Crippen LogP contribution in [0.25, 0.3) is 0 Å². The highest BCUT2D eigenvalue weighted by Gasteiger charge is 2.25. The van der Waals surface area contributed by atoms with Crippen molar-refractivity contribution in [2.24, 2.45) is 5.92 Å². The third-order valence-corrected chi connectivity index (χ3v) is 3.72. The minimum atomic E-state index is -0.321. The van der Waals surface area contributed by atoms with Crippen molar-refractivity contribution in [3.63, 3.8) is 0 Å². The Bertz CT molecular complexity index is 441. The lowest BCUT2D eigenvalue weighted by molar-refractivity contribution is -0.119. The van der Waals surface area contributed by atoms with Crippen LogP contribution in [0.2, 0.25) is 0 Å². The van der Waals surface area contributed by atoms with Gasteiger partial charge in [-0.05, 0) is 56.0 Å². The van der Waals surface area contributed by atoms with Gasteiger partial charge in [-0.2, -0.15) is 0 Å². The lowest BCUT2D eigenvalue weighted by atomic mass is 9.90. The first-order valence-electron chi connectivity index (χ1n) is 6.90. The topological polar surface area (TPSA) is 41.1 Å². The van der Waals surface area contributed by atoms with E-state index in [4.69, 9.17) is 0 Å². The van der Waals surface area contributed by atoms with E-state index in [1.165, 1.54) is 12.1 Å². The van der Waals surface area contributed by atoms with Crippen LogP contribution in [-0.2, 0) is 4.79 Å². The van der Waals surface area contributed by atoms with Gasteiger partial charge in [0.05, 0.1) is 6.04 Å². The summed E-state index contributed by atoms with van der Waals surface area (Å²) in [6, 6.07) is 4.41. The van der Waals surface area contributed by atoms with E-state index in [0.717, 1.165) is 31.4 Å². The molecule has 1 aromatic carbocycles. The minimum Gasteiger partial charge on any atom is -0.325 e. The van der Waals surface area contributed by atoms with E-state index >= 15 is 0 Å². The van der Waals surface area contributed by atoms with Crippen LogP contribution in [0.5, 0.6) is 0 Å². The lowest BCUT2D eigenvalue weighted by Gasteiger charge is -2.28. The van der Waals surface area contributed by atoms with Crippen molar-refractivity contribution in [3.05, 3.63) is 29.6 Å². The Balaban J connectivity index is 2.00. The SMILES string of the molecule is CCC1CCNC(C(=O)Nc2cc(C)cc(F)c2)C1. The van der Waals surface area contributed by atoms with Gasteiger partial charge in [0.15, 0.2) is 0 Å². The number of hydrogen-bond acceptors (Lipinski definition) is 2. The standard InChI is InChI=1S/C15H21FN2O/c1-3-11-4-5-17-14(8-11)15(19)18-13-7-10(2)6-12(16)9-13/h6-7,9,11,14,17H,3-5,8H2,1-2H3,(H,18,19). The van der Waals surface area contributed by atoms with Crippen molar-refractivity contribution in [2.45, 2.75) is 39.2 Å². The third kappa shape index (κ3) is 3.77. The summed E-state index contributed by atoms with van der Waals surface area (Å²) in [7, 11) is 0. The fourth-order valence-corrected chi connectivity index (χ4v) is 2.60. The molecule has 4 heteroatoms. The van der Waals surface area contributed by atoms with Gasteiger partial charge in [-0.3, -0.25) is 4.79 Å². The number of aryl methyl sites for hydroxylation is 1. The molecule has 104 valence electrons. The molecule has 1 aliphatic rings. The van der Waals surface area contributed by atoms with Gasteiger partial charge in [0.1, 0.15) is 5.82 Å². The highest BCUT2D eigenvalue weighted by molar-refractivity contribution is 5.95. The number of hydrogen-bond donors (Lipinski definition) is 2. The summed E-state index contributed by atoms with van der Waals surface area (Å²) in [5.41, 5.74) is 1.33. The highest BCUT2D eigenvalue weighted by atomic mass is 19.1. The lowest BCUT2D eigenvalue weighted by Crippen LogP contribution is -2.46. The first-order valence-corrected chi connectivity index (χ1v) is 6.90. The van der Waals surface area contributed by atoms with Crippen LogP contribution in [0, 0.1) is 18.7 Å². The highest BCUT2D eigenvalue weighted by Crippen LogP contribution is 2.21. The number of carbonyl (C=O) groups is 1. The van der Waals surface area contributed by atoms with Crippen LogP contribution in [0.3, 0.4) is 0 Å². The van der Waals surface area contributed by atoms with E-state index in [9.17, 15) is 9.18 Å². The van der Waals surface area contributed by atoms with E-state index < -0.39 is 0 Å². The Morgan fingerprint density at radius 3 is 2.95 bits per heavy atom. The minimum absolute atomic E-state index is 0.0665. The Kier molecular flexibility index (Phi) is 4.53. The zero-order chi connectivity index (χ0) is 13.8. The van der Waals surface area contributed by atoms with Crippen molar-refractivity contribution in [1.29, 1.82) is 0 Å². The zero-order valence-corrected chi connectivity index (χ0v) is 11.5. The maximum Gasteiger partial charge on any atom is 0.241 e. The Hall–Kier alpha value is -1.42. The van der Waals surface area contributed by atoms with Crippen molar-refractivity contribution in [2.75, 3.05) is 11.9 Å². The molecule has 1 saturated heterocycles. The second-order valence-electron chi connectivity index (χ2n) is 5.31. The van der Waals surface area contributed by atoms with Gasteiger partial charge in [0.25, 0.3) is 0 Å². The summed E-state index contributed by atoms with van der Waals surface area (Å²) >= 11 is 0. The van der Waals surface area contributed by atoms with Gasteiger partial charge >= 0.3 is 0 Å². The maximum absolute atomic E-state index is 13.3. The van der Waals surface area contributed by atoms with Gasteiger partial charge in [0.2, 0.25) is 5.91 Å². The van der Waals surface area contributed by atoms with Crippen molar-refractivity contribution in [3.8, 4) is 0 Å². The van der Waals surface area contributed by atoms with Crippen molar-refractivity contribution < 1.29 is 9.18 Å². The molecule has 2 rings (SSSR count). The predicted molar refractivity (Wildman–Crippen MR) is 74.6 cm³/mol. The largest absolute Gasteiger partial charge is 0.325 e. The number of carbonyl (C=O) groups excluding carboxylic acids is 1. The average molecular weight is 264 g/mol. The van der Waals surface area contributed by atoms with Gasteiger partial charge in [-0.25, -0.2) is 4.39 Å². The Morgan fingerprint density at radius 1 is 1.47 bits per heavy atom. The zero-order valence-electron chi connectivity index (χ0n) is 11.5. The van der Waals surface area contributed by atoms with Crippen LogP contribution in [0.15, 0.2) is 18.2 Å². The predicted octanol–water partition coefficient (Wildman–Crippen LogP) is 2.85. The number of benzene rings is 1. The van der Waals surface area contributed by atoms with Gasteiger partial charge < -0.3 is 10.6 Å². The van der Waals surface area contributed by atoms with E-state index in [2.05, 4.69) is 17.6 Å². The molecule has 0 saturated carbocycles. The molecule has 0 aliphatic carbocycles. The quantitative estimate of drug-likeness (QED) is 0.881. The van der Waals surface area contributed by atoms with E-state index in [-0.39, 0.29) is 17.8 Å². The second-order valence-corrected chi connectivity index (χ2v) is 5.31. The molecule has 2 atom stereocenters. The van der Waals surface area contributed by atoms with Gasteiger partial charge in [0, 0.05) is 5.69 Å². The van der Waals surface area contributed by atoms with E-state index in [0.29, 0.717) is 11.6 Å². The first-order chi connectivity index (χ1) is 9.08. The summed E-state index contributed by atoms with van der Waals surface area (Å²) < 4.78 is 13.3. The van der Waals surface area contributed by atoms with Gasteiger partial charge in [-0.15, -0.1) is 0 Å². The number of rotatable bonds is 3. The summed E-state index contributed by atoms with van der Waals surface area (Å²) in [6.07, 6.45) is 3.08. The number of piperidine rings is 1. The summed E-state index contributed by atoms with van der Waals surface area (Å²) in [5.74, 6) is 0.215. The summed E-state index contributed by atoms with van der Waals surface area (Å²) in [5, 5.41) is 6.02. The van der Waals surface area contributed by atoms with Crippen LogP contribution in [-0.4, -0.2) is 18.5 Å². The van der Waals surface area contributed by atoms with Crippen LogP contribution in [0.1, 0.15) is 31.7 Å². The number of anilines is 1. The molecule has 1 amide bonds. The van der Waals surface area contributed by atoms with Crippen LogP contribution < -0.4 is 10.6 Å². The molecule has 19 heavy (non-hydrogen) atoms. The molecule has 0 spiro atoms. The third-order valence-electron chi connectivity index (χ3n) is 3.72. The fourth-order valence-electron chi connectivity index (χ4n) is 2.60. The molecule has 0 bridgehead atoms. The monoisotopic (exact) mass is 264 g/mol. The molecule has 1 aromatic rings. The fraction of sp³-hybridized carbons (Fsp3) is 0.533. The molecule has 1 aliphatic heterocycles. The maximum atomic E-state index is 13.3. The van der Waals surface area contributed by atoms with E-state index in [1.807, 2.05) is 6.92 Å². The molecular weight excluding hydrogens is 243 g/mol. The van der Waals surface area contributed by atoms with Gasteiger partial charge in [-0.1, -0.05) is 13.3 Å². The molecule has 2 N–H and O–H groups in total. The molecule has 1 heterocycles. The van der Waals surface area contributed by atoms with Crippen molar-refractivity contribution >= 4 is 11.6 Å². The van der Waals surface area contributed by atoms with Crippen molar-refractivity contribution in [1.82, 2.24) is 5.32 Å². The Labute approximate surface area is 113 Å². The molecule has 2 unspecified atom stereocenters. The summed E-state index contributed by atoms with van der Waals surface area (Å²) in [6.45, 7) is 4.84. The van der Waals surface area contributed by atoms with E-state index in [1.54, 1.807) is 6.07 Å². The van der Waals surface area contributed by atoms with Crippen LogP contribution in [0.4, 0.5) is 10.1 Å².